The molecule has 9 heteroatoms. The molecule has 0 atom stereocenters. The van der Waals surface area contributed by atoms with Crippen LogP contribution in [0.1, 0.15) is 29.9 Å². The molecule has 0 saturated carbocycles. The third-order valence-electron chi connectivity index (χ3n) is 5.25. The lowest BCUT2D eigenvalue weighted by atomic mass is 10.2. The maximum absolute atomic E-state index is 12.9. The van der Waals surface area contributed by atoms with Crippen LogP contribution in [-0.2, 0) is 17.1 Å². The first-order valence-corrected chi connectivity index (χ1v) is 11.4. The van der Waals surface area contributed by atoms with Crippen LogP contribution in [0.25, 0.3) is 5.69 Å². The average Bonchev–Trinajstić information content (AvgIpc) is 2.98. The van der Waals surface area contributed by atoms with Crippen LogP contribution in [0.3, 0.4) is 0 Å². The van der Waals surface area contributed by atoms with Crippen molar-refractivity contribution in [2.75, 3.05) is 18.4 Å². The minimum Gasteiger partial charge on any atom is -0.316 e. The zero-order chi connectivity index (χ0) is 22.8. The monoisotopic (exact) mass is 442 g/mol. The van der Waals surface area contributed by atoms with E-state index in [-0.39, 0.29) is 21.7 Å². The highest BCUT2D eigenvalue weighted by Crippen LogP contribution is 2.18. The number of nitrogens with zero attached hydrogens (tertiary/aromatic N) is 3. The van der Waals surface area contributed by atoms with Crippen LogP contribution in [0, 0.1) is 6.92 Å². The third kappa shape index (κ3) is 4.19. The number of aromatic nitrogens is 2. The van der Waals surface area contributed by atoms with Crippen molar-refractivity contribution in [3.8, 4) is 5.69 Å². The van der Waals surface area contributed by atoms with E-state index < -0.39 is 15.9 Å². The molecule has 2 aromatic carbocycles. The molecule has 3 rings (SSSR count). The van der Waals surface area contributed by atoms with Crippen LogP contribution in [0.15, 0.2) is 64.3 Å². The molecule has 0 bridgehead atoms. The molecule has 0 aliphatic rings. The minimum atomic E-state index is -3.60. The summed E-state index contributed by atoms with van der Waals surface area (Å²) in [6, 6.07) is 14.8. The summed E-state index contributed by atoms with van der Waals surface area (Å²) in [5.41, 5.74) is 1.37. The fourth-order valence-corrected chi connectivity index (χ4v) is 4.85. The zero-order valence-electron chi connectivity index (χ0n) is 18.0. The normalized spacial score (nSPS) is 11.6. The van der Waals surface area contributed by atoms with Gasteiger partial charge in [0, 0.05) is 25.7 Å². The maximum Gasteiger partial charge on any atom is 0.295 e. The smallest absolute Gasteiger partial charge is 0.295 e. The Bertz CT molecular complexity index is 1240. The quantitative estimate of drug-likeness (QED) is 0.609. The third-order valence-corrected chi connectivity index (χ3v) is 7.32. The van der Waals surface area contributed by atoms with Gasteiger partial charge in [-0.05, 0) is 43.3 Å². The Morgan fingerprint density at radius 3 is 2.13 bits per heavy atom. The van der Waals surface area contributed by atoms with Gasteiger partial charge in [0.15, 0.2) is 0 Å². The Morgan fingerprint density at radius 2 is 1.58 bits per heavy atom. The number of para-hydroxylation sites is 1. The second-order valence-electron chi connectivity index (χ2n) is 7.00. The maximum atomic E-state index is 12.9. The summed E-state index contributed by atoms with van der Waals surface area (Å²) in [5.74, 6) is -0.488. The van der Waals surface area contributed by atoms with Gasteiger partial charge in [0.05, 0.1) is 16.3 Å². The van der Waals surface area contributed by atoms with Crippen LogP contribution >= 0.6 is 0 Å². The van der Waals surface area contributed by atoms with Crippen LogP contribution in [0.4, 0.5) is 5.69 Å². The number of nitrogens with one attached hydrogen (secondary N) is 1. The fourth-order valence-electron chi connectivity index (χ4n) is 3.39. The first-order valence-electron chi connectivity index (χ1n) is 9.98. The van der Waals surface area contributed by atoms with Crippen molar-refractivity contribution >= 4 is 21.6 Å². The number of hydrogen-bond acceptors (Lipinski definition) is 4. The van der Waals surface area contributed by atoms with E-state index in [4.69, 9.17) is 0 Å². The number of benzene rings is 2. The van der Waals surface area contributed by atoms with Gasteiger partial charge >= 0.3 is 0 Å². The second-order valence-corrected chi connectivity index (χ2v) is 8.94. The molecular weight excluding hydrogens is 416 g/mol. The lowest BCUT2D eigenvalue weighted by molar-refractivity contribution is 0.102. The van der Waals surface area contributed by atoms with Crippen molar-refractivity contribution in [3.05, 3.63) is 76.2 Å². The molecule has 0 radical (unpaired) electrons. The van der Waals surface area contributed by atoms with E-state index in [2.05, 4.69) is 5.32 Å². The fraction of sp³-hybridized carbons (Fsp3) is 0.273. The number of hydrogen-bond donors (Lipinski definition) is 1. The lowest BCUT2D eigenvalue weighted by Gasteiger charge is -2.18. The van der Waals surface area contributed by atoms with E-state index in [1.54, 1.807) is 32.5 Å². The van der Waals surface area contributed by atoms with E-state index in [1.165, 1.54) is 33.3 Å². The highest BCUT2D eigenvalue weighted by molar-refractivity contribution is 7.89. The number of anilines is 1. The topological polar surface area (TPSA) is 93.4 Å². The number of carbonyl (C=O) groups excluding carboxylic acids is 1. The van der Waals surface area contributed by atoms with Crippen LogP contribution < -0.4 is 10.9 Å². The average molecular weight is 443 g/mol. The zero-order valence-corrected chi connectivity index (χ0v) is 18.8. The van der Waals surface area contributed by atoms with Gasteiger partial charge in [-0.25, -0.2) is 13.1 Å². The number of amides is 1. The number of carbonyl (C=O) groups is 1. The van der Waals surface area contributed by atoms with E-state index >= 15 is 0 Å². The Labute approximate surface area is 181 Å². The van der Waals surface area contributed by atoms with Gasteiger partial charge in [0.2, 0.25) is 10.0 Å². The van der Waals surface area contributed by atoms with Crippen molar-refractivity contribution in [1.82, 2.24) is 13.7 Å². The Morgan fingerprint density at radius 1 is 1.00 bits per heavy atom. The van der Waals surface area contributed by atoms with Gasteiger partial charge in [-0.3, -0.25) is 14.3 Å². The molecule has 0 fully saturated rings. The van der Waals surface area contributed by atoms with E-state index in [0.717, 1.165) is 0 Å². The lowest BCUT2D eigenvalue weighted by Crippen LogP contribution is -2.30. The predicted octanol–water partition coefficient (Wildman–Crippen LogP) is 2.77. The largest absolute Gasteiger partial charge is 0.316 e. The van der Waals surface area contributed by atoms with Crippen LogP contribution in [0.5, 0.6) is 0 Å². The first-order chi connectivity index (χ1) is 14.7. The van der Waals surface area contributed by atoms with Gasteiger partial charge in [0.25, 0.3) is 11.5 Å². The summed E-state index contributed by atoms with van der Waals surface area (Å²) in [7, 11) is -1.86. The summed E-state index contributed by atoms with van der Waals surface area (Å²) in [6.07, 6.45) is 0. The van der Waals surface area contributed by atoms with Crippen molar-refractivity contribution in [1.29, 1.82) is 0 Å². The molecule has 0 saturated heterocycles. The highest BCUT2D eigenvalue weighted by atomic mass is 32.2. The van der Waals surface area contributed by atoms with Gasteiger partial charge in [0.1, 0.15) is 5.69 Å². The molecule has 164 valence electrons. The second kappa shape index (κ2) is 8.91. The molecule has 31 heavy (non-hydrogen) atoms. The van der Waals surface area contributed by atoms with E-state index in [9.17, 15) is 18.0 Å². The van der Waals surface area contributed by atoms with Crippen molar-refractivity contribution in [2.45, 2.75) is 25.7 Å². The molecular formula is C22H26N4O4S. The molecule has 0 aliphatic heterocycles. The standard InChI is InChI=1S/C22H26N4O4S/c1-5-25(6-2)31(29,30)19-14-12-17(13-15-19)21(27)23-20-16(3)24(4)26(22(20)28)18-10-8-7-9-11-18/h7-15H,5-6H2,1-4H3,(H,23,27). The summed E-state index contributed by atoms with van der Waals surface area (Å²) >= 11 is 0. The van der Waals surface area contributed by atoms with Crippen molar-refractivity contribution in [2.24, 2.45) is 7.05 Å². The molecule has 0 aliphatic carbocycles. The Balaban J connectivity index is 1.89. The Hall–Kier alpha value is -3.17. The van der Waals surface area contributed by atoms with Gasteiger partial charge < -0.3 is 5.32 Å². The molecule has 0 unspecified atom stereocenters. The van der Waals surface area contributed by atoms with Crippen LogP contribution in [-0.4, -0.2) is 41.1 Å². The predicted molar refractivity (Wildman–Crippen MR) is 120 cm³/mol. The van der Waals surface area contributed by atoms with Crippen LogP contribution in [0.2, 0.25) is 0 Å². The van der Waals surface area contributed by atoms with Crippen molar-refractivity contribution < 1.29 is 13.2 Å². The SMILES string of the molecule is CCN(CC)S(=O)(=O)c1ccc(C(=O)Nc2c(C)n(C)n(-c3ccccc3)c2=O)cc1. The highest BCUT2D eigenvalue weighted by Gasteiger charge is 2.22. The number of sulfonamides is 1. The van der Waals surface area contributed by atoms with Gasteiger partial charge in [-0.1, -0.05) is 32.0 Å². The van der Waals surface area contributed by atoms with Crippen molar-refractivity contribution in [3.63, 3.8) is 0 Å². The Kier molecular flexibility index (Phi) is 6.47. The van der Waals surface area contributed by atoms with E-state index in [1.807, 2.05) is 30.3 Å². The summed E-state index contributed by atoms with van der Waals surface area (Å²) in [5, 5.41) is 2.68. The van der Waals surface area contributed by atoms with Gasteiger partial charge in [-0.2, -0.15) is 4.31 Å². The summed E-state index contributed by atoms with van der Waals surface area (Å²) in [6.45, 7) is 6.01. The first kappa shape index (κ1) is 22.5. The number of rotatable bonds is 7. The van der Waals surface area contributed by atoms with Gasteiger partial charge in [-0.15, -0.1) is 0 Å². The summed E-state index contributed by atoms with van der Waals surface area (Å²) < 4.78 is 29.7. The minimum absolute atomic E-state index is 0.120. The summed E-state index contributed by atoms with van der Waals surface area (Å²) in [4.78, 5) is 25.8. The molecule has 1 aromatic heterocycles. The molecule has 3 aromatic rings. The molecule has 1 N–H and O–H groups in total. The molecule has 1 amide bonds. The van der Waals surface area contributed by atoms with E-state index in [0.29, 0.717) is 24.5 Å². The molecule has 8 nitrogen and oxygen atoms in total. The molecule has 1 heterocycles. The molecule has 0 spiro atoms.